The van der Waals surface area contributed by atoms with Gasteiger partial charge in [-0.25, -0.2) is 0 Å². The van der Waals surface area contributed by atoms with Crippen molar-refractivity contribution in [2.24, 2.45) is 0 Å². The average molecular weight is 357 g/mol. The van der Waals surface area contributed by atoms with E-state index in [9.17, 15) is 10.4 Å². The zero-order valence-electron chi connectivity index (χ0n) is 15.9. The summed E-state index contributed by atoms with van der Waals surface area (Å²) in [5.74, 6) is 0.197. The van der Waals surface area contributed by atoms with Gasteiger partial charge < -0.3 is 5.21 Å². The molecule has 1 radical (unpaired) electrons. The lowest BCUT2D eigenvalue weighted by atomic mass is 9.84. The Morgan fingerprint density at radius 1 is 0.815 bits per heavy atom. The molecule has 0 saturated heterocycles. The van der Waals surface area contributed by atoms with Crippen molar-refractivity contribution in [3.05, 3.63) is 65.4 Å². The molecule has 135 valence electrons. The maximum Gasteiger partial charge on any atom is 0.317 e. The molecule has 0 fully saturated rings. The minimum atomic E-state index is -0.825. The molecule has 0 spiro atoms. The van der Waals surface area contributed by atoms with Crippen molar-refractivity contribution in [3.8, 4) is 0 Å². The van der Waals surface area contributed by atoms with E-state index in [4.69, 9.17) is 0 Å². The molecule has 4 aromatic carbocycles. The quantitative estimate of drug-likeness (QED) is 0.272. The van der Waals surface area contributed by atoms with E-state index < -0.39 is 11.1 Å². The monoisotopic (exact) mass is 357 g/mol. The first kappa shape index (κ1) is 16.3. The van der Waals surface area contributed by atoms with Crippen molar-refractivity contribution in [2.45, 2.75) is 38.8 Å². The molecule has 0 amide bonds. The molecule has 0 saturated carbocycles. The van der Waals surface area contributed by atoms with Crippen LogP contribution >= 0.6 is 0 Å². The van der Waals surface area contributed by atoms with Crippen LogP contribution in [0.5, 0.6) is 0 Å². The fourth-order valence-electron chi connectivity index (χ4n) is 4.26. The lowest BCUT2D eigenvalue weighted by molar-refractivity contribution is -0.539. The highest BCUT2D eigenvalue weighted by atomic mass is 16.5. The van der Waals surface area contributed by atoms with Crippen molar-refractivity contribution in [1.29, 1.82) is 0 Å². The van der Waals surface area contributed by atoms with Crippen molar-refractivity contribution >= 4 is 38.2 Å². The number of amidine groups is 1. The summed E-state index contributed by atoms with van der Waals surface area (Å²) in [6, 6.07) is 18.5. The highest BCUT2D eigenvalue weighted by Gasteiger charge is 2.60. The molecule has 0 N–H and O–H groups in total. The summed E-state index contributed by atoms with van der Waals surface area (Å²) >= 11 is 0. The van der Waals surface area contributed by atoms with E-state index in [1.165, 1.54) is 5.39 Å². The lowest BCUT2D eigenvalue weighted by Gasteiger charge is -2.32. The third-order valence-corrected chi connectivity index (χ3v) is 6.67. The van der Waals surface area contributed by atoms with Crippen molar-refractivity contribution in [3.63, 3.8) is 0 Å². The second kappa shape index (κ2) is 4.90. The van der Waals surface area contributed by atoms with Gasteiger partial charge in [-0.05, 0) is 66.1 Å². The first-order chi connectivity index (χ1) is 12.7. The summed E-state index contributed by atoms with van der Waals surface area (Å²) in [6.07, 6.45) is 0. The molecule has 4 heteroatoms. The largest absolute Gasteiger partial charge is 0.714 e. The smallest absolute Gasteiger partial charge is 0.317 e. The molecule has 0 unspecified atom stereocenters. The van der Waals surface area contributed by atoms with Crippen LogP contribution in [0.1, 0.15) is 33.3 Å². The van der Waals surface area contributed by atoms with Gasteiger partial charge in [-0.2, -0.15) is 0 Å². The summed E-state index contributed by atoms with van der Waals surface area (Å²) in [5.41, 5.74) is -0.952. The first-order valence-electron chi connectivity index (χ1n) is 9.24. The van der Waals surface area contributed by atoms with E-state index in [-0.39, 0.29) is 5.84 Å². The Balaban J connectivity index is 1.92. The second-order valence-corrected chi connectivity index (χ2v) is 8.50. The van der Waals surface area contributed by atoms with Crippen LogP contribution in [0.2, 0.25) is 0 Å². The highest BCUT2D eigenvalue weighted by molar-refractivity contribution is 6.26. The minimum absolute atomic E-state index is 0.197. The summed E-state index contributed by atoms with van der Waals surface area (Å²) in [5, 5.41) is 33.9. The average Bonchev–Trinajstić information content (AvgIpc) is 2.77. The van der Waals surface area contributed by atoms with E-state index in [2.05, 4.69) is 36.4 Å². The molecule has 0 atom stereocenters. The number of hydrogen-bond donors (Lipinski definition) is 0. The van der Waals surface area contributed by atoms with E-state index >= 15 is 0 Å². The van der Waals surface area contributed by atoms with Crippen LogP contribution in [-0.2, 0) is 5.21 Å². The number of benzene rings is 4. The van der Waals surface area contributed by atoms with Gasteiger partial charge in [-0.3, -0.25) is 4.74 Å². The zero-order chi connectivity index (χ0) is 19.1. The molecule has 1 heterocycles. The van der Waals surface area contributed by atoms with Crippen LogP contribution in [0, 0.1) is 5.21 Å². The van der Waals surface area contributed by atoms with E-state index in [1.807, 2.05) is 45.9 Å². The van der Waals surface area contributed by atoms with E-state index in [0.717, 1.165) is 36.7 Å². The fourth-order valence-corrected chi connectivity index (χ4v) is 4.26. The Morgan fingerprint density at radius 3 is 1.96 bits per heavy atom. The van der Waals surface area contributed by atoms with Crippen molar-refractivity contribution < 1.29 is 9.95 Å². The zero-order valence-corrected chi connectivity index (χ0v) is 15.9. The molecular formula is C23H21N2O2. The summed E-state index contributed by atoms with van der Waals surface area (Å²) in [4.78, 5) is 0. The van der Waals surface area contributed by atoms with Gasteiger partial charge >= 0.3 is 5.84 Å². The summed E-state index contributed by atoms with van der Waals surface area (Å²) in [6.45, 7) is 7.31. The molecule has 1 aliphatic rings. The van der Waals surface area contributed by atoms with Gasteiger partial charge in [-0.1, -0.05) is 53.6 Å². The summed E-state index contributed by atoms with van der Waals surface area (Å²) in [7, 11) is 0. The Hall–Kier alpha value is -2.85. The van der Waals surface area contributed by atoms with Gasteiger partial charge in [0.15, 0.2) is 5.54 Å². The Labute approximate surface area is 157 Å². The topological polar surface area (TPSA) is 49.2 Å². The summed E-state index contributed by atoms with van der Waals surface area (Å²) < 4.78 is 0.895. The van der Waals surface area contributed by atoms with Gasteiger partial charge in [0.1, 0.15) is 5.54 Å². The van der Waals surface area contributed by atoms with Gasteiger partial charge in [0, 0.05) is 5.21 Å². The number of rotatable bonds is 1. The van der Waals surface area contributed by atoms with Gasteiger partial charge in [0.25, 0.3) is 0 Å². The second-order valence-electron chi connectivity index (χ2n) is 8.50. The van der Waals surface area contributed by atoms with Crippen molar-refractivity contribution in [1.82, 2.24) is 5.06 Å². The number of hydrogen-bond acceptors (Lipinski definition) is 2. The molecule has 0 bridgehead atoms. The minimum Gasteiger partial charge on any atom is -0.714 e. The number of nitrogens with zero attached hydrogens (tertiary/aromatic N) is 2. The maximum atomic E-state index is 13.2. The predicted octanol–water partition coefficient (Wildman–Crippen LogP) is 5.06. The third kappa shape index (κ3) is 1.83. The van der Waals surface area contributed by atoms with Gasteiger partial charge in [0.2, 0.25) is 0 Å². The maximum absolute atomic E-state index is 13.2. The van der Waals surface area contributed by atoms with Crippen LogP contribution in [-0.4, -0.2) is 26.7 Å². The van der Waals surface area contributed by atoms with Crippen LogP contribution in [0.3, 0.4) is 0 Å². The number of hydroxylamine groups is 3. The van der Waals surface area contributed by atoms with Crippen molar-refractivity contribution in [2.75, 3.05) is 0 Å². The Morgan fingerprint density at radius 2 is 1.37 bits per heavy atom. The van der Waals surface area contributed by atoms with Gasteiger partial charge in [0.05, 0.1) is 5.56 Å². The highest BCUT2D eigenvalue weighted by Crippen LogP contribution is 2.41. The Bertz CT molecular complexity index is 1240. The van der Waals surface area contributed by atoms with E-state index in [1.54, 1.807) is 0 Å². The van der Waals surface area contributed by atoms with Crippen LogP contribution < -0.4 is 0 Å². The molecular weight excluding hydrogens is 336 g/mol. The molecule has 1 aliphatic heterocycles. The standard InChI is InChI=1S/C23H21N2O2/c1-22(2)23(3,4)25(27)21(24(22)26)18-13-11-16-9-8-14-6-5-7-15-10-12-17(18)20(16)19(14)15/h5-13H,1-4H3. The molecule has 0 aromatic heterocycles. The predicted molar refractivity (Wildman–Crippen MR) is 109 cm³/mol. The molecule has 5 rings (SSSR count). The fraction of sp³-hybridized carbons (Fsp3) is 0.261. The lowest BCUT2D eigenvalue weighted by Crippen LogP contribution is -2.53. The van der Waals surface area contributed by atoms with Crippen LogP contribution in [0.15, 0.2) is 54.6 Å². The van der Waals surface area contributed by atoms with Gasteiger partial charge in [-0.15, -0.1) is 0 Å². The third-order valence-electron chi connectivity index (χ3n) is 6.67. The Kier molecular flexibility index (Phi) is 2.96. The normalized spacial score (nSPS) is 19.1. The molecule has 4 nitrogen and oxygen atoms in total. The first-order valence-corrected chi connectivity index (χ1v) is 9.24. The van der Waals surface area contributed by atoms with Crippen LogP contribution in [0.4, 0.5) is 0 Å². The SMILES string of the molecule is CC1(C)N([O])C(c2ccc3ccc4cccc5ccc2c3c45)=[N+]([O-])C1(C)C. The molecule has 4 aromatic rings. The van der Waals surface area contributed by atoms with E-state index in [0.29, 0.717) is 5.56 Å². The molecule has 27 heavy (non-hydrogen) atoms. The molecule has 0 aliphatic carbocycles. The van der Waals surface area contributed by atoms with Crippen LogP contribution in [0.25, 0.3) is 32.3 Å².